The van der Waals surface area contributed by atoms with Gasteiger partial charge in [0.2, 0.25) is 11.8 Å². The fraction of sp³-hybridized carbons (Fsp3) is 0.710. The highest BCUT2D eigenvalue weighted by molar-refractivity contribution is 5.87. The SMILES string of the molecule is COC(=O)C(C)(C)Oc1ccc(C2CCN(C(=O)[C@@H](NC(C)=O)[C@@H](C)OCC34CCC(CC3)OC4)CC2)cc1C(F)(F)F. The maximum atomic E-state index is 14.0. The number of carbonyl (C=O) groups excluding carboxylic acids is 3. The fourth-order valence-electron chi connectivity index (χ4n) is 6.30. The van der Waals surface area contributed by atoms with E-state index in [0.29, 0.717) is 50.8 Å². The number of hydrogen-bond donors (Lipinski definition) is 1. The molecule has 5 rings (SSSR count). The van der Waals surface area contributed by atoms with E-state index >= 15 is 0 Å². The van der Waals surface area contributed by atoms with Gasteiger partial charge >= 0.3 is 12.1 Å². The van der Waals surface area contributed by atoms with Crippen LogP contribution < -0.4 is 10.1 Å². The molecule has 0 radical (unpaired) electrons. The molecule has 3 heterocycles. The summed E-state index contributed by atoms with van der Waals surface area (Å²) in [6, 6.07) is 2.98. The molecule has 4 aliphatic rings. The molecule has 3 saturated heterocycles. The molecule has 4 fully saturated rings. The molecule has 12 heteroatoms. The summed E-state index contributed by atoms with van der Waals surface area (Å²) in [5.74, 6) is -2.10. The number of halogens is 3. The Bertz CT molecular complexity index is 1160. The zero-order chi connectivity index (χ0) is 31.6. The van der Waals surface area contributed by atoms with E-state index < -0.39 is 41.2 Å². The molecule has 240 valence electrons. The molecule has 2 atom stereocenters. The summed E-state index contributed by atoms with van der Waals surface area (Å²) in [7, 11) is 1.14. The van der Waals surface area contributed by atoms with E-state index in [2.05, 4.69) is 10.1 Å². The van der Waals surface area contributed by atoms with E-state index in [1.807, 2.05) is 0 Å². The lowest BCUT2D eigenvalue weighted by atomic mass is 9.72. The van der Waals surface area contributed by atoms with Crippen molar-refractivity contribution in [3.8, 4) is 5.75 Å². The predicted octanol–water partition coefficient (Wildman–Crippen LogP) is 4.61. The number of likely N-dealkylation sites (tertiary alicyclic amines) is 1. The van der Waals surface area contributed by atoms with Crippen LogP contribution >= 0.6 is 0 Å². The van der Waals surface area contributed by atoms with Gasteiger partial charge in [-0.1, -0.05) is 6.07 Å². The molecule has 2 amide bonds. The van der Waals surface area contributed by atoms with E-state index in [1.54, 1.807) is 17.9 Å². The lowest BCUT2D eigenvalue weighted by Gasteiger charge is -2.46. The van der Waals surface area contributed by atoms with Crippen molar-refractivity contribution >= 4 is 17.8 Å². The number of benzene rings is 1. The maximum Gasteiger partial charge on any atom is 0.419 e. The third kappa shape index (κ3) is 7.81. The Morgan fingerprint density at radius 1 is 1.12 bits per heavy atom. The second-order valence-corrected chi connectivity index (χ2v) is 12.7. The topological polar surface area (TPSA) is 103 Å². The summed E-state index contributed by atoms with van der Waals surface area (Å²) in [6.45, 7) is 7.54. The molecule has 43 heavy (non-hydrogen) atoms. The van der Waals surface area contributed by atoms with Crippen molar-refractivity contribution < 1.29 is 46.5 Å². The van der Waals surface area contributed by atoms with Crippen LogP contribution in [0.15, 0.2) is 18.2 Å². The largest absolute Gasteiger partial charge is 0.476 e. The van der Waals surface area contributed by atoms with E-state index in [9.17, 15) is 27.6 Å². The number of carbonyl (C=O) groups is 3. The van der Waals surface area contributed by atoms with Crippen molar-refractivity contribution in [2.45, 2.75) is 102 Å². The van der Waals surface area contributed by atoms with Gasteiger partial charge < -0.3 is 29.2 Å². The number of nitrogens with zero attached hydrogens (tertiary/aromatic N) is 1. The molecule has 1 saturated carbocycles. The Hall–Kier alpha value is -2.86. The van der Waals surface area contributed by atoms with Crippen molar-refractivity contribution in [1.82, 2.24) is 10.2 Å². The first-order valence-electron chi connectivity index (χ1n) is 14.9. The minimum atomic E-state index is -4.71. The fourth-order valence-corrected chi connectivity index (χ4v) is 6.30. The Balaban J connectivity index is 1.41. The minimum Gasteiger partial charge on any atom is -0.476 e. The van der Waals surface area contributed by atoms with Crippen LogP contribution in [0.3, 0.4) is 0 Å². The van der Waals surface area contributed by atoms with Crippen molar-refractivity contribution in [3.63, 3.8) is 0 Å². The third-order valence-corrected chi connectivity index (χ3v) is 8.99. The van der Waals surface area contributed by atoms with Crippen molar-refractivity contribution in [3.05, 3.63) is 29.3 Å². The molecule has 9 nitrogen and oxygen atoms in total. The van der Waals surface area contributed by atoms with Gasteiger partial charge in [-0.25, -0.2) is 4.79 Å². The maximum absolute atomic E-state index is 14.0. The number of rotatable bonds is 10. The second-order valence-electron chi connectivity index (χ2n) is 12.7. The lowest BCUT2D eigenvalue weighted by Crippen LogP contribution is -2.56. The Labute approximate surface area is 250 Å². The molecule has 0 unspecified atom stereocenters. The second kappa shape index (κ2) is 13.0. The molecule has 3 aliphatic heterocycles. The molecule has 1 aromatic rings. The molecule has 1 N–H and O–H groups in total. The molecule has 0 spiro atoms. The van der Waals surface area contributed by atoms with E-state index in [1.165, 1.54) is 26.8 Å². The van der Waals surface area contributed by atoms with E-state index in [0.717, 1.165) is 38.9 Å². The number of esters is 1. The van der Waals surface area contributed by atoms with Crippen LogP contribution in [0.5, 0.6) is 5.75 Å². The number of ether oxygens (including phenoxy) is 4. The zero-order valence-corrected chi connectivity index (χ0v) is 25.6. The highest BCUT2D eigenvalue weighted by Gasteiger charge is 2.43. The average molecular weight is 613 g/mol. The minimum absolute atomic E-state index is 0.0594. The van der Waals surface area contributed by atoms with Gasteiger partial charge in [-0.15, -0.1) is 0 Å². The number of nitrogens with one attached hydrogen (secondary N) is 1. The Morgan fingerprint density at radius 3 is 2.30 bits per heavy atom. The van der Waals surface area contributed by atoms with Gasteiger partial charge in [0.05, 0.1) is 38.1 Å². The van der Waals surface area contributed by atoms with Crippen molar-refractivity contribution in [2.24, 2.45) is 5.41 Å². The monoisotopic (exact) mass is 612 g/mol. The quantitative estimate of drug-likeness (QED) is 0.385. The van der Waals surface area contributed by atoms with Crippen LogP contribution in [0.4, 0.5) is 13.2 Å². The number of fused-ring (bicyclic) bond motifs is 3. The van der Waals surface area contributed by atoms with Crippen LogP contribution in [0.2, 0.25) is 0 Å². The zero-order valence-electron chi connectivity index (χ0n) is 25.6. The molecular formula is C31H43F3N2O7. The first kappa shape index (κ1) is 33.0. The standard InChI is InChI=1S/C31H43F3N2O7/c1-19(41-17-30-12-8-23(9-13-30)42-18-30)26(35-20(2)37)27(38)36-14-10-21(11-15-36)22-6-7-25(24(16-22)31(32,33)34)43-29(3,4)28(39)40-5/h6-7,16,19,21,23,26H,8-15,17-18H2,1-5H3,(H,35,37)/t19-,23?,26+,30?/m1/s1. The summed E-state index contributed by atoms with van der Waals surface area (Å²) in [5.41, 5.74) is -2.18. The number of methoxy groups -OCH3 is 1. The average Bonchev–Trinajstić information content (AvgIpc) is 2.98. The van der Waals surface area contributed by atoms with Crippen LogP contribution in [0, 0.1) is 5.41 Å². The smallest absolute Gasteiger partial charge is 0.419 e. The molecule has 2 bridgehead atoms. The number of alkyl halides is 3. The first-order valence-corrected chi connectivity index (χ1v) is 14.9. The Kier molecular flexibility index (Phi) is 10.0. The van der Waals surface area contributed by atoms with Gasteiger partial charge in [0.15, 0.2) is 5.60 Å². The summed E-state index contributed by atoms with van der Waals surface area (Å²) in [6.07, 6.45) is -0.00946. The van der Waals surface area contributed by atoms with Crippen molar-refractivity contribution in [1.29, 1.82) is 0 Å². The summed E-state index contributed by atoms with van der Waals surface area (Å²) in [5, 5.41) is 2.75. The van der Waals surface area contributed by atoms with Gasteiger partial charge in [-0.05, 0) is 82.9 Å². The number of amides is 2. The molecule has 1 aromatic carbocycles. The van der Waals surface area contributed by atoms with Crippen molar-refractivity contribution in [2.75, 3.05) is 33.4 Å². The summed E-state index contributed by atoms with van der Waals surface area (Å²) < 4.78 is 64.2. The molecular weight excluding hydrogens is 569 g/mol. The number of piperidine rings is 1. The molecule has 0 aromatic heterocycles. The highest BCUT2D eigenvalue weighted by atomic mass is 19.4. The van der Waals surface area contributed by atoms with E-state index in [4.69, 9.17) is 14.2 Å². The van der Waals surface area contributed by atoms with Gasteiger partial charge in [0, 0.05) is 25.4 Å². The summed E-state index contributed by atoms with van der Waals surface area (Å²) in [4.78, 5) is 39.2. The van der Waals surface area contributed by atoms with Gasteiger partial charge in [-0.2, -0.15) is 13.2 Å². The van der Waals surface area contributed by atoms with Gasteiger partial charge in [-0.3, -0.25) is 9.59 Å². The van der Waals surface area contributed by atoms with Crippen LogP contribution in [0.25, 0.3) is 0 Å². The van der Waals surface area contributed by atoms with Gasteiger partial charge in [0.1, 0.15) is 11.8 Å². The third-order valence-electron chi connectivity index (χ3n) is 8.99. The molecule has 1 aliphatic carbocycles. The first-order chi connectivity index (χ1) is 20.1. The predicted molar refractivity (Wildman–Crippen MR) is 150 cm³/mol. The van der Waals surface area contributed by atoms with Crippen LogP contribution in [-0.2, 0) is 34.8 Å². The normalized spacial score (nSPS) is 24.3. The van der Waals surface area contributed by atoms with Gasteiger partial charge in [0.25, 0.3) is 0 Å². The summed E-state index contributed by atoms with van der Waals surface area (Å²) >= 11 is 0. The van der Waals surface area contributed by atoms with Crippen LogP contribution in [0.1, 0.15) is 83.3 Å². The Morgan fingerprint density at radius 2 is 1.77 bits per heavy atom. The lowest BCUT2D eigenvalue weighted by molar-refractivity contribution is -0.158. The number of hydrogen-bond acceptors (Lipinski definition) is 7. The van der Waals surface area contributed by atoms with E-state index in [-0.39, 0.29) is 23.1 Å². The van der Waals surface area contributed by atoms with Crippen LogP contribution in [-0.4, -0.2) is 79.9 Å². The highest BCUT2D eigenvalue weighted by Crippen LogP contribution is 2.44.